The predicted molar refractivity (Wildman–Crippen MR) is 61.7 cm³/mol. The second-order valence-corrected chi connectivity index (χ2v) is 3.50. The van der Waals surface area contributed by atoms with Crippen molar-refractivity contribution in [3.05, 3.63) is 30.3 Å². The van der Waals surface area contributed by atoms with Gasteiger partial charge in [0.05, 0.1) is 0 Å². The molecule has 1 aliphatic rings. The van der Waals surface area contributed by atoms with E-state index in [2.05, 4.69) is 0 Å². The number of nitrogens with two attached hydrogens (primary N) is 1. The van der Waals surface area contributed by atoms with Gasteiger partial charge < -0.3 is 10.6 Å². The Morgan fingerprint density at radius 3 is 1.88 bits per heavy atom. The van der Waals surface area contributed by atoms with Gasteiger partial charge in [0.2, 0.25) is 5.91 Å². The van der Waals surface area contributed by atoms with Crippen LogP contribution in [-0.2, 0) is 4.79 Å². The van der Waals surface area contributed by atoms with Crippen LogP contribution in [0.2, 0.25) is 0 Å². The van der Waals surface area contributed by atoms with Crippen LogP contribution in [-0.4, -0.2) is 42.4 Å². The number of urea groups is 1. The highest BCUT2D eigenvalue weighted by atomic mass is 16.2. The van der Waals surface area contributed by atoms with Gasteiger partial charge in [-0.15, -0.1) is 0 Å². The Hall–Kier alpha value is -2.04. The van der Waals surface area contributed by atoms with Crippen molar-refractivity contribution in [2.45, 2.75) is 0 Å². The first-order valence-electron chi connectivity index (χ1n) is 4.84. The second kappa shape index (κ2) is 5.16. The van der Waals surface area contributed by atoms with Crippen LogP contribution in [0.5, 0.6) is 0 Å². The molecule has 1 fully saturated rings. The third-order valence-electron chi connectivity index (χ3n) is 2.16. The average Bonchev–Trinajstić information content (AvgIpc) is 2.48. The molecule has 2 rings (SSSR count). The van der Waals surface area contributed by atoms with Crippen LogP contribution < -0.4 is 5.73 Å². The summed E-state index contributed by atoms with van der Waals surface area (Å²) in [6.45, 7) is 0.218. The molecule has 5 nitrogen and oxygen atoms in total. The summed E-state index contributed by atoms with van der Waals surface area (Å²) in [5.74, 6) is -0.137. The third-order valence-corrected chi connectivity index (χ3v) is 2.16. The lowest BCUT2D eigenvalue weighted by molar-refractivity contribution is -0.124. The molecule has 0 aromatic heterocycles. The number of amides is 3. The van der Waals surface area contributed by atoms with E-state index in [0.717, 1.165) is 10.6 Å². The summed E-state index contributed by atoms with van der Waals surface area (Å²) < 4.78 is 0. The standard InChI is InChI=1S/C6H7N.C5H8N2O2/c7-6-4-2-1-3-5-6;1-6-3-4(8)7(2)5(6)9/h1-5H,7H2;3H2,1-2H3. The van der Waals surface area contributed by atoms with Crippen LogP contribution >= 0.6 is 0 Å². The third kappa shape index (κ3) is 2.98. The minimum absolute atomic E-state index is 0.137. The predicted octanol–water partition coefficient (Wildman–Crippen LogP) is 0.779. The van der Waals surface area contributed by atoms with E-state index in [1.54, 1.807) is 7.05 Å². The molecule has 0 aliphatic carbocycles. The largest absolute Gasteiger partial charge is 0.399 e. The number of anilines is 1. The number of benzene rings is 1. The number of nitrogens with zero attached hydrogens (tertiary/aromatic N) is 2. The van der Waals surface area contributed by atoms with Crippen molar-refractivity contribution in [3.8, 4) is 0 Å². The zero-order chi connectivity index (χ0) is 12.1. The Balaban J connectivity index is 0.000000165. The molecule has 1 aliphatic heterocycles. The smallest absolute Gasteiger partial charge is 0.326 e. The number of hydrogen-bond acceptors (Lipinski definition) is 3. The average molecular weight is 221 g/mol. The molecular formula is C11H15N3O2. The highest BCUT2D eigenvalue weighted by Gasteiger charge is 2.29. The Morgan fingerprint density at radius 1 is 1.12 bits per heavy atom. The van der Waals surface area contributed by atoms with Gasteiger partial charge in [-0.1, -0.05) is 18.2 Å². The van der Waals surface area contributed by atoms with Crippen molar-refractivity contribution in [2.24, 2.45) is 0 Å². The zero-order valence-electron chi connectivity index (χ0n) is 9.38. The molecule has 5 heteroatoms. The number of para-hydroxylation sites is 1. The maximum atomic E-state index is 10.7. The van der Waals surface area contributed by atoms with Crippen LogP contribution in [0, 0.1) is 0 Å². The molecule has 1 saturated heterocycles. The minimum atomic E-state index is -0.222. The monoisotopic (exact) mass is 221 g/mol. The van der Waals surface area contributed by atoms with Gasteiger partial charge in [-0.25, -0.2) is 4.79 Å². The summed E-state index contributed by atoms with van der Waals surface area (Å²) in [7, 11) is 3.08. The van der Waals surface area contributed by atoms with Crippen LogP contribution in [0.3, 0.4) is 0 Å². The highest BCUT2D eigenvalue weighted by molar-refractivity contribution is 6.01. The molecule has 0 unspecified atom stereocenters. The first-order chi connectivity index (χ1) is 7.52. The van der Waals surface area contributed by atoms with E-state index in [1.807, 2.05) is 30.3 Å². The van der Waals surface area contributed by atoms with Crippen LogP contribution in [0.15, 0.2) is 30.3 Å². The Kier molecular flexibility index (Phi) is 3.88. The van der Waals surface area contributed by atoms with Crippen molar-refractivity contribution < 1.29 is 9.59 Å². The van der Waals surface area contributed by atoms with Crippen molar-refractivity contribution in [2.75, 3.05) is 26.4 Å². The number of likely N-dealkylation sites (N-methyl/N-ethyl adjacent to an activating group) is 2. The quantitative estimate of drug-likeness (QED) is 0.520. The number of rotatable bonds is 0. The van der Waals surface area contributed by atoms with Crippen molar-refractivity contribution >= 4 is 17.6 Å². The Bertz CT molecular complexity index is 378. The fourth-order valence-corrected chi connectivity index (χ4v) is 1.19. The molecule has 0 radical (unpaired) electrons. The topological polar surface area (TPSA) is 66.6 Å². The van der Waals surface area contributed by atoms with Gasteiger partial charge in [0.25, 0.3) is 0 Å². The summed E-state index contributed by atoms with van der Waals surface area (Å²) in [6, 6.07) is 9.26. The normalized spacial score (nSPS) is 14.9. The van der Waals surface area contributed by atoms with Crippen LogP contribution in [0.1, 0.15) is 0 Å². The molecule has 0 atom stereocenters. The lowest BCUT2D eigenvalue weighted by Gasteiger charge is -2.05. The van der Waals surface area contributed by atoms with Crippen LogP contribution in [0.25, 0.3) is 0 Å². The molecule has 1 aromatic carbocycles. The minimum Gasteiger partial charge on any atom is -0.399 e. The molecule has 3 amide bonds. The molecule has 1 aromatic rings. The van der Waals surface area contributed by atoms with Gasteiger partial charge in [0, 0.05) is 19.8 Å². The van der Waals surface area contributed by atoms with E-state index >= 15 is 0 Å². The van der Waals surface area contributed by atoms with Gasteiger partial charge in [0.1, 0.15) is 6.54 Å². The number of imide groups is 1. The molecule has 0 bridgehead atoms. The fourth-order valence-electron chi connectivity index (χ4n) is 1.19. The van der Waals surface area contributed by atoms with Crippen molar-refractivity contribution in [3.63, 3.8) is 0 Å². The number of nitrogen functional groups attached to an aromatic ring is 1. The molecule has 0 spiro atoms. The van der Waals surface area contributed by atoms with E-state index in [1.165, 1.54) is 11.9 Å². The summed E-state index contributed by atoms with van der Waals surface area (Å²) in [5, 5.41) is 0. The maximum Gasteiger partial charge on any atom is 0.326 e. The molecule has 0 saturated carbocycles. The molecule has 16 heavy (non-hydrogen) atoms. The molecule has 86 valence electrons. The van der Waals surface area contributed by atoms with E-state index in [-0.39, 0.29) is 18.5 Å². The first kappa shape index (κ1) is 12.0. The van der Waals surface area contributed by atoms with Gasteiger partial charge >= 0.3 is 6.03 Å². The molecular weight excluding hydrogens is 206 g/mol. The Morgan fingerprint density at radius 2 is 1.69 bits per heavy atom. The summed E-state index contributed by atoms with van der Waals surface area (Å²) >= 11 is 0. The van der Waals surface area contributed by atoms with Gasteiger partial charge in [-0.2, -0.15) is 0 Å². The van der Waals surface area contributed by atoms with E-state index in [0.29, 0.717) is 0 Å². The van der Waals surface area contributed by atoms with Crippen LogP contribution in [0.4, 0.5) is 10.5 Å². The summed E-state index contributed by atoms with van der Waals surface area (Å²) in [6.07, 6.45) is 0. The maximum absolute atomic E-state index is 10.7. The lowest BCUT2D eigenvalue weighted by Crippen LogP contribution is -2.27. The Labute approximate surface area is 94.4 Å². The lowest BCUT2D eigenvalue weighted by atomic mass is 10.3. The van der Waals surface area contributed by atoms with Crippen molar-refractivity contribution in [1.82, 2.24) is 9.80 Å². The van der Waals surface area contributed by atoms with Gasteiger partial charge in [-0.05, 0) is 12.1 Å². The van der Waals surface area contributed by atoms with Gasteiger partial charge in [-0.3, -0.25) is 9.69 Å². The van der Waals surface area contributed by atoms with E-state index in [4.69, 9.17) is 5.73 Å². The fraction of sp³-hybridized carbons (Fsp3) is 0.273. The van der Waals surface area contributed by atoms with E-state index < -0.39 is 0 Å². The molecule has 2 N–H and O–H groups in total. The zero-order valence-corrected chi connectivity index (χ0v) is 9.38. The molecule has 1 heterocycles. The highest BCUT2D eigenvalue weighted by Crippen LogP contribution is 2.02. The van der Waals surface area contributed by atoms with Crippen molar-refractivity contribution in [1.29, 1.82) is 0 Å². The SMILES string of the molecule is CN1CC(=O)N(C)C1=O.Nc1ccccc1. The number of carbonyl (C=O) groups excluding carboxylic acids is 2. The summed E-state index contributed by atoms with van der Waals surface area (Å²) in [4.78, 5) is 23.9. The number of hydrogen-bond donors (Lipinski definition) is 1. The van der Waals surface area contributed by atoms with Gasteiger partial charge in [0.15, 0.2) is 0 Å². The van der Waals surface area contributed by atoms with E-state index in [9.17, 15) is 9.59 Å². The second-order valence-electron chi connectivity index (χ2n) is 3.50. The number of carbonyl (C=O) groups is 2. The summed E-state index contributed by atoms with van der Waals surface area (Å²) in [5.41, 5.74) is 6.18. The first-order valence-corrected chi connectivity index (χ1v) is 4.84.